The summed E-state index contributed by atoms with van der Waals surface area (Å²) >= 11 is 6.00. The van der Waals surface area contributed by atoms with Gasteiger partial charge in [0.05, 0.1) is 17.3 Å². The number of carbonyl (C=O) groups is 1. The van der Waals surface area contributed by atoms with Crippen LogP contribution in [0, 0.1) is 0 Å². The van der Waals surface area contributed by atoms with Crippen LogP contribution in [0.1, 0.15) is 6.42 Å². The Labute approximate surface area is 128 Å². The third-order valence-electron chi connectivity index (χ3n) is 2.96. The number of hydrogen-bond acceptors (Lipinski definition) is 4. The van der Waals surface area contributed by atoms with E-state index < -0.39 is 0 Å². The summed E-state index contributed by atoms with van der Waals surface area (Å²) in [5.41, 5.74) is 0.639. The van der Waals surface area contributed by atoms with Gasteiger partial charge >= 0.3 is 0 Å². The highest BCUT2D eigenvalue weighted by molar-refractivity contribution is 6.33. The van der Waals surface area contributed by atoms with Crippen molar-refractivity contribution in [3.8, 4) is 0 Å². The molecule has 7 heteroatoms. The highest BCUT2D eigenvalue weighted by Crippen LogP contribution is 2.20. The van der Waals surface area contributed by atoms with E-state index in [-0.39, 0.29) is 5.91 Å². The number of para-hydroxylation sites is 1. The number of hydrogen-bond donors (Lipinski definition) is 1. The van der Waals surface area contributed by atoms with Crippen LogP contribution in [0.5, 0.6) is 0 Å². The van der Waals surface area contributed by atoms with Gasteiger partial charge in [-0.1, -0.05) is 23.7 Å². The maximum atomic E-state index is 11.9. The molecule has 1 heterocycles. The second-order valence-electron chi connectivity index (χ2n) is 4.78. The highest BCUT2D eigenvalue weighted by atomic mass is 35.5. The molecule has 0 spiro atoms. The predicted molar refractivity (Wildman–Crippen MR) is 82.2 cm³/mol. The normalized spacial score (nSPS) is 10.8. The van der Waals surface area contributed by atoms with Crippen molar-refractivity contribution in [3.05, 3.63) is 41.9 Å². The van der Waals surface area contributed by atoms with Crippen molar-refractivity contribution >= 4 is 23.2 Å². The molecule has 2 rings (SSSR count). The van der Waals surface area contributed by atoms with E-state index in [4.69, 9.17) is 11.6 Å². The third-order valence-corrected chi connectivity index (χ3v) is 3.28. The molecule has 0 unspecified atom stereocenters. The second-order valence-corrected chi connectivity index (χ2v) is 5.19. The Morgan fingerprint density at radius 2 is 2.24 bits per heavy atom. The Hall–Kier alpha value is -1.92. The minimum absolute atomic E-state index is 0.0774. The molecule has 0 aliphatic rings. The lowest BCUT2D eigenvalue weighted by molar-refractivity contribution is -0.117. The zero-order valence-electron chi connectivity index (χ0n) is 11.9. The average Bonchev–Trinajstić information content (AvgIpc) is 2.94. The summed E-state index contributed by atoms with van der Waals surface area (Å²) in [5, 5.41) is 7.38. The summed E-state index contributed by atoms with van der Waals surface area (Å²) < 4.78 is 1.78. The number of carbonyl (C=O) groups excluding carboxylic acids is 1. The van der Waals surface area contributed by atoms with Gasteiger partial charge in [-0.15, -0.1) is 0 Å². The Bertz CT molecular complexity index is 573. The third kappa shape index (κ3) is 5.17. The number of nitrogens with one attached hydrogen (secondary N) is 1. The smallest absolute Gasteiger partial charge is 0.238 e. The largest absolute Gasteiger partial charge is 0.324 e. The predicted octanol–water partition coefficient (Wildman–Crippen LogP) is 1.89. The van der Waals surface area contributed by atoms with Gasteiger partial charge < -0.3 is 5.32 Å². The van der Waals surface area contributed by atoms with Crippen LogP contribution in [0.3, 0.4) is 0 Å². The van der Waals surface area contributed by atoms with Crippen molar-refractivity contribution < 1.29 is 4.79 Å². The fraction of sp³-hybridized carbons (Fsp3) is 0.357. The molecule has 1 amide bonds. The van der Waals surface area contributed by atoms with E-state index in [1.165, 1.54) is 6.33 Å². The lowest BCUT2D eigenvalue weighted by atomic mass is 10.3. The molecular formula is C14H18ClN5O. The zero-order valence-corrected chi connectivity index (χ0v) is 12.6. The van der Waals surface area contributed by atoms with Gasteiger partial charge in [0.25, 0.3) is 0 Å². The summed E-state index contributed by atoms with van der Waals surface area (Å²) in [6.07, 6.45) is 4.10. The molecule has 0 saturated carbocycles. The summed E-state index contributed by atoms with van der Waals surface area (Å²) in [4.78, 5) is 17.8. The molecule has 0 fully saturated rings. The lowest BCUT2D eigenvalue weighted by Crippen LogP contribution is -2.31. The van der Waals surface area contributed by atoms with E-state index in [9.17, 15) is 4.79 Å². The van der Waals surface area contributed by atoms with Gasteiger partial charge in [-0.25, -0.2) is 4.98 Å². The number of aromatic nitrogens is 3. The topological polar surface area (TPSA) is 63.1 Å². The molecule has 0 saturated heterocycles. The first-order valence-electron chi connectivity index (χ1n) is 6.70. The molecule has 1 N–H and O–H groups in total. The maximum absolute atomic E-state index is 11.9. The standard InChI is InChI=1S/C14H18ClN5O/c1-19(7-4-8-20-11-16-10-17-20)9-14(21)18-13-6-3-2-5-12(13)15/h2-3,5-6,10-11H,4,7-9H2,1H3,(H,18,21). The Morgan fingerprint density at radius 1 is 1.43 bits per heavy atom. The van der Waals surface area contributed by atoms with E-state index >= 15 is 0 Å². The average molecular weight is 308 g/mol. The fourth-order valence-corrected chi connectivity index (χ4v) is 2.11. The van der Waals surface area contributed by atoms with Gasteiger partial charge in [-0.05, 0) is 25.6 Å². The first-order valence-corrected chi connectivity index (χ1v) is 7.08. The van der Waals surface area contributed by atoms with Crippen LogP contribution in [-0.4, -0.2) is 45.7 Å². The molecule has 0 radical (unpaired) electrons. The van der Waals surface area contributed by atoms with Gasteiger partial charge in [0.2, 0.25) is 5.91 Å². The van der Waals surface area contributed by atoms with Crippen LogP contribution in [0.4, 0.5) is 5.69 Å². The van der Waals surface area contributed by atoms with Crippen molar-refractivity contribution in [1.29, 1.82) is 0 Å². The van der Waals surface area contributed by atoms with Crippen LogP contribution in [0.15, 0.2) is 36.9 Å². The molecule has 6 nitrogen and oxygen atoms in total. The molecule has 2 aromatic rings. The molecule has 1 aromatic carbocycles. The van der Waals surface area contributed by atoms with Crippen molar-refractivity contribution in [2.75, 3.05) is 25.5 Å². The molecule has 1 aromatic heterocycles. The van der Waals surface area contributed by atoms with Crippen LogP contribution in [0.2, 0.25) is 5.02 Å². The van der Waals surface area contributed by atoms with Gasteiger partial charge in [0.1, 0.15) is 12.7 Å². The van der Waals surface area contributed by atoms with Crippen molar-refractivity contribution in [2.45, 2.75) is 13.0 Å². The summed E-state index contributed by atoms with van der Waals surface area (Å²) in [7, 11) is 1.91. The second kappa shape index (κ2) is 7.75. The number of nitrogens with zero attached hydrogens (tertiary/aromatic N) is 4. The van der Waals surface area contributed by atoms with E-state index in [1.54, 1.807) is 23.1 Å². The van der Waals surface area contributed by atoms with Crippen molar-refractivity contribution in [1.82, 2.24) is 19.7 Å². The highest BCUT2D eigenvalue weighted by Gasteiger charge is 2.08. The number of anilines is 1. The minimum atomic E-state index is -0.0774. The lowest BCUT2D eigenvalue weighted by Gasteiger charge is -2.16. The number of aryl methyl sites for hydroxylation is 1. The number of likely N-dealkylation sites (N-methyl/N-ethyl adjacent to an activating group) is 1. The fourth-order valence-electron chi connectivity index (χ4n) is 1.93. The zero-order chi connectivity index (χ0) is 15.1. The number of benzene rings is 1. The molecule has 0 bridgehead atoms. The molecule has 21 heavy (non-hydrogen) atoms. The first kappa shape index (κ1) is 15.5. The van der Waals surface area contributed by atoms with E-state index in [0.717, 1.165) is 19.5 Å². The Balaban J connectivity index is 1.71. The van der Waals surface area contributed by atoms with Crippen LogP contribution in [0.25, 0.3) is 0 Å². The van der Waals surface area contributed by atoms with Gasteiger partial charge in [-0.2, -0.15) is 5.10 Å². The molecule has 0 atom stereocenters. The SMILES string of the molecule is CN(CCCn1cncn1)CC(=O)Nc1ccccc1Cl. The minimum Gasteiger partial charge on any atom is -0.324 e. The van der Waals surface area contributed by atoms with Crippen LogP contribution < -0.4 is 5.32 Å². The number of rotatable bonds is 7. The van der Waals surface area contributed by atoms with Crippen LogP contribution >= 0.6 is 11.6 Å². The summed E-state index contributed by atoms with van der Waals surface area (Å²) in [5.74, 6) is -0.0774. The summed E-state index contributed by atoms with van der Waals surface area (Å²) in [6.45, 7) is 1.91. The number of halogens is 1. The van der Waals surface area contributed by atoms with E-state index in [0.29, 0.717) is 17.3 Å². The maximum Gasteiger partial charge on any atom is 0.238 e. The monoisotopic (exact) mass is 307 g/mol. The summed E-state index contributed by atoms with van der Waals surface area (Å²) in [6, 6.07) is 7.20. The quantitative estimate of drug-likeness (QED) is 0.848. The van der Waals surface area contributed by atoms with Gasteiger partial charge in [-0.3, -0.25) is 14.4 Å². The van der Waals surface area contributed by atoms with E-state index in [2.05, 4.69) is 15.4 Å². The van der Waals surface area contributed by atoms with Gasteiger partial charge in [0, 0.05) is 13.1 Å². The first-order chi connectivity index (χ1) is 10.1. The molecule has 112 valence electrons. The number of amides is 1. The molecule has 0 aliphatic carbocycles. The van der Waals surface area contributed by atoms with Gasteiger partial charge in [0.15, 0.2) is 0 Å². The Kier molecular flexibility index (Phi) is 5.71. The Morgan fingerprint density at radius 3 is 2.95 bits per heavy atom. The molecule has 0 aliphatic heterocycles. The van der Waals surface area contributed by atoms with Crippen molar-refractivity contribution in [3.63, 3.8) is 0 Å². The van der Waals surface area contributed by atoms with Crippen LogP contribution in [-0.2, 0) is 11.3 Å². The van der Waals surface area contributed by atoms with Crippen molar-refractivity contribution in [2.24, 2.45) is 0 Å². The molecular weight excluding hydrogens is 290 g/mol. The van der Waals surface area contributed by atoms with E-state index in [1.807, 2.05) is 24.1 Å².